The van der Waals surface area contributed by atoms with Crippen LogP contribution in [0.4, 0.5) is 4.79 Å². The number of rotatable bonds is 4. The van der Waals surface area contributed by atoms with E-state index >= 15 is 0 Å². The lowest BCUT2D eigenvalue weighted by Gasteiger charge is -2.58. The normalized spacial score (nSPS) is 35.7. The van der Waals surface area contributed by atoms with Gasteiger partial charge in [0.1, 0.15) is 6.61 Å². The van der Waals surface area contributed by atoms with Crippen LogP contribution in [0.2, 0.25) is 5.31 Å². The van der Waals surface area contributed by atoms with E-state index in [0.717, 1.165) is 31.2 Å². The van der Waals surface area contributed by atoms with Gasteiger partial charge in [0, 0.05) is 6.04 Å². The molecule has 4 rings (SSSR count). The number of aliphatic hydroxyl groups is 1. The van der Waals surface area contributed by atoms with Gasteiger partial charge in [-0.25, -0.2) is 4.79 Å². The molecule has 1 aromatic carbocycles. The van der Waals surface area contributed by atoms with Crippen LogP contribution >= 0.6 is 0 Å². The molecule has 3 aliphatic rings. The Morgan fingerprint density at radius 3 is 2.65 bits per heavy atom. The van der Waals surface area contributed by atoms with E-state index in [-0.39, 0.29) is 19.1 Å². The molecule has 0 saturated heterocycles. The van der Waals surface area contributed by atoms with Crippen molar-refractivity contribution >= 4 is 13.9 Å². The van der Waals surface area contributed by atoms with Gasteiger partial charge in [0.05, 0.1) is 20.0 Å². The lowest BCUT2D eigenvalue weighted by atomic mass is 9.44. The number of carbonyl (C=O) groups is 1. The van der Waals surface area contributed by atoms with Crippen molar-refractivity contribution in [3.8, 4) is 0 Å². The predicted molar refractivity (Wildman–Crippen MR) is 88.0 cm³/mol. The summed E-state index contributed by atoms with van der Waals surface area (Å²) in [5, 5.41) is 13.1. The van der Waals surface area contributed by atoms with Crippen molar-refractivity contribution in [3.63, 3.8) is 0 Å². The Morgan fingerprint density at radius 2 is 2.00 bits per heavy atom. The lowest BCUT2D eigenvalue weighted by molar-refractivity contribution is -0.105. The molecule has 2 radical (unpaired) electrons. The van der Waals surface area contributed by atoms with Gasteiger partial charge in [0.15, 0.2) is 0 Å². The Hall–Kier alpha value is -1.53. The largest absolute Gasteiger partial charge is 0.445 e. The van der Waals surface area contributed by atoms with Crippen molar-refractivity contribution in [1.29, 1.82) is 0 Å². The number of nitrogens with two attached hydrogens (primary N) is 1. The molecule has 122 valence electrons. The van der Waals surface area contributed by atoms with Gasteiger partial charge < -0.3 is 20.9 Å². The molecule has 3 saturated carbocycles. The van der Waals surface area contributed by atoms with Crippen molar-refractivity contribution in [2.24, 2.45) is 11.7 Å². The quantitative estimate of drug-likeness (QED) is 0.735. The third-order valence-electron chi connectivity index (χ3n) is 5.51. The van der Waals surface area contributed by atoms with Crippen molar-refractivity contribution < 1.29 is 14.6 Å². The van der Waals surface area contributed by atoms with Crippen LogP contribution in [-0.4, -0.2) is 37.2 Å². The van der Waals surface area contributed by atoms with Crippen molar-refractivity contribution in [1.82, 2.24) is 5.32 Å². The number of carbonyl (C=O) groups excluding carboxylic acids is 1. The van der Waals surface area contributed by atoms with Crippen molar-refractivity contribution in [2.45, 2.75) is 49.2 Å². The van der Waals surface area contributed by atoms with Gasteiger partial charge in [0.25, 0.3) is 0 Å². The average Bonchev–Trinajstić information content (AvgIpc) is 2.57. The van der Waals surface area contributed by atoms with Gasteiger partial charge in [-0.15, -0.1) is 0 Å². The van der Waals surface area contributed by atoms with Crippen LogP contribution in [0.25, 0.3) is 0 Å². The Bertz CT molecular complexity index is 560. The second-order valence-corrected chi connectivity index (χ2v) is 6.89. The summed E-state index contributed by atoms with van der Waals surface area (Å²) in [6.45, 7) is 0.271. The van der Waals surface area contributed by atoms with Gasteiger partial charge >= 0.3 is 6.09 Å². The molecule has 0 aliphatic heterocycles. The number of hydrogen-bond acceptors (Lipinski definition) is 4. The van der Waals surface area contributed by atoms with Gasteiger partial charge in [-0.05, 0) is 29.6 Å². The summed E-state index contributed by atoms with van der Waals surface area (Å²) in [6, 6.07) is 8.91. The number of amides is 1. The zero-order chi connectivity index (χ0) is 16.5. The predicted octanol–water partition coefficient (Wildman–Crippen LogP) is 1.50. The number of ether oxygens (including phenoxy) is 1. The van der Waals surface area contributed by atoms with Gasteiger partial charge in [-0.1, -0.05) is 43.2 Å². The average molecular weight is 314 g/mol. The summed E-state index contributed by atoms with van der Waals surface area (Å²) in [5.41, 5.74) is 5.97. The lowest BCUT2D eigenvalue weighted by Crippen LogP contribution is -2.68. The molecule has 2 atom stereocenters. The number of nitrogens with one attached hydrogen (secondary N) is 1. The maximum absolute atomic E-state index is 11.9. The van der Waals surface area contributed by atoms with E-state index < -0.39 is 23.1 Å². The van der Waals surface area contributed by atoms with Crippen LogP contribution in [0.15, 0.2) is 30.3 Å². The molecule has 5 nitrogen and oxygen atoms in total. The highest BCUT2D eigenvalue weighted by Crippen LogP contribution is 2.56. The summed E-state index contributed by atoms with van der Waals surface area (Å²) in [4.78, 5) is 11.9. The van der Waals surface area contributed by atoms with Crippen LogP contribution in [0.1, 0.15) is 31.2 Å². The minimum Gasteiger partial charge on any atom is -0.445 e. The molecule has 0 spiro atoms. The third kappa shape index (κ3) is 3.10. The monoisotopic (exact) mass is 314 g/mol. The first-order chi connectivity index (χ1) is 10.9. The highest BCUT2D eigenvalue weighted by molar-refractivity contribution is 6.16. The molecular formula is C17H23BN2O3. The standard InChI is InChI=1S/C17H23BN2O3/c18-16-8-6-13(7-9-16)17(22,14(16)19)11-20-15(21)23-10-12-4-2-1-3-5-12/h1-5,13-14,22H,6-11,19H2,(H,20,21)/t13?,14?,16?,17-/m1/s1. The summed E-state index contributed by atoms with van der Waals surface area (Å²) in [5.74, 6) is 0.0809. The van der Waals surface area contributed by atoms with Crippen LogP contribution in [0.3, 0.4) is 0 Å². The molecule has 0 heterocycles. The molecular weight excluding hydrogens is 291 g/mol. The van der Waals surface area contributed by atoms with Crippen LogP contribution < -0.4 is 11.1 Å². The fourth-order valence-electron chi connectivity index (χ4n) is 3.96. The molecule has 2 bridgehead atoms. The Labute approximate surface area is 138 Å². The van der Waals surface area contributed by atoms with Crippen molar-refractivity contribution in [2.75, 3.05) is 6.54 Å². The fraction of sp³-hybridized carbons (Fsp3) is 0.588. The van der Waals surface area contributed by atoms with E-state index in [4.69, 9.17) is 18.3 Å². The van der Waals surface area contributed by atoms with Crippen molar-refractivity contribution in [3.05, 3.63) is 35.9 Å². The third-order valence-corrected chi connectivity index (χ3v) is 5.51. The SMILES string of the molecule is [B]C12CCC(CC1)[C@](O)(CNC(=O)OCc1ccccc1)C2N. The molecule has 23 heavy (non-hydrogen) atoms. The van der Waals surface area contributed by atoms with Gasteiger partial charge in [-0.2, -0.15) is 0 Å². The number of fused-ring (bicyclic) bond motifs is 3. The zero-order valence-corrected chi connectivity index (χ0v) is 13.2. The molecule has 4 N–H and O–H groups in total. The Morgan fingerprint density at radius 1 is 1.35 bits per heavy atom. The second kappa shape index (κ2) is 6.17. The highest BCUT2D eigenvalue weighted by atomic mass is 16.5. The molecule has 3 fully saturated rings. The van der Waals surface area contributed by atoms with Gasteiger partial charge in [0.2, 0.25) is 0 Å². The van der Waals surface area contributed by atoms with E-state index in [1.165, 1.54) is 0 Å². The van der Waals surface area contributed by atoms with Crippen LogP contribution in [0, 0.1) is 5.92 Å². The molecule has 1 aromatic rings. The zero-order valence-electron chi connectivity index (χ0n) is 13.2. The number of alkyl carbamates (subject to hydrolysis) is 1. The minimum absolute atomic E-state index is 0.0748. The molecule has 3 aliphatic carbocycles. The van der Waals surface area contributed by atoms with E-state index in [1.54, 1.807) is 0 Å². The summed E-state index contributed by atoms with van der Waals surface area (Å²) in [6.07, 6.45) is 2.81. The number of benzene rings is 1. The molecule has 1 amide bonds. The maximum atomic E-state index is 11.9. The van der Waals surface area contributed by atoms with E-state index in [0.29, 0.717) is 0 Å². The maximum Gasteiger partial charge on any atom is 0.407 e. The molecule has 6 heteroatoms. The second-order valence-electron chi connectivity index (χ2n) is 6.89. The Kier molecular flexibility index (Phi) is 4.38. The smallest absolute Gasteiger partial charge is 0.407 e. The Balaban J connectivity index is 1.54. The highest BCUT2D eigenvalue weighted by Gasteiger charge is 2.57. The summed E-state index contributed by atoms with van der Waals surface area (Å²) in [7, 11) is 6.33. The van der Waals surface area contributed by atoms with E-state index in [2.05, 4.69) is 5.32 Å². The first-order valence-electron chi connectivity index (χ1n) is 8.15. The van der Waals surface area contributed by atoms with Crippen LogP contribution in [0.5, 0.6) is 0 Å². The first-order valence-corrected chi connectivity index (χ1v) is 8.15. The minimum atomic E-state index is -1.16. The number of hydrogen-bond donors (Lipinski definition) is 3. The van der Waals surface area contributed by atoms with E-state index in [9.17, 15) is 9.90 Å². The summed E-state index contributed by atoms with van der Waals surface area (Å²) < 4.78 is 5.17. The van der Waals surface area contributed by atoms with E-state index in [1.807, 2.05) is 30.3 Å². The molecule has 0 aromatic heterocycles. The molecule has 1 unspecified atom stereocenters. The van der Waals surface area contributed by atoms with Gasteiger partial charge in [-0.3, -0.25) is 0 Å². The summed E-state index contributed by atoms with van der Waals surface area (Å²) >= 11 is 0. The topological polar surface area (TPSA) is 84.6 Å². The fourth-order valence-corrected chi connectivity index (χ4v) is 3.96. The first kappa shape index (κ1) is 16.3. The van der Waals surface area contributed by atoms with Crippen LogP contribution in [-0.2, 0) is 11.3 Å².